The second-order valence-electron chi connectivity index (χ2n) is 8.78. The van der Waals surface area contributed by atoms with Crippen molar-refractivity contribution >= 4 is 31.3 Å². The number of hydrogen-bond donors (Lipinski definition) is 3. The second kappa shape index (κ2) is 11.5. The summed E-state index contributed by atoms with van der Waals surface area (Å²) in [5.41, 5.74) is 4.72. The lowest BCUT2D eigenvalue weighted by molar-refractivity contribution is -0.149. The molecule has 1 saturated heterocycles. The lowest BCUT2D eigenvalue weighted by Crippen LogP contribution is -2.37. The number of anilines is 1. The maximum atomic E-state index is 15.0. The molecule has 1 aromatic carbocycles. The molecule has 2 aliphatic rings. The molecule has 38 heavy (non-hydrogen) atoms. The number of rotatable bonds is 10. The Balaban J connectivity index is 1.51. The van der Waals surface area contributed by atoms with Crippen LogP contribution in [0, 0.1) is 0 Å². The van der Waals surface area contributed by atoms with Crippen molar-refractivity contribution in [3.05, 3.63) is 40.9 Å². The highest BCUT2D eigenvalue weighted by molar-refractivity contribution is 8.00. The number of alkyl halides is 1. The van der Waals surface area contributed by atoms with Crippen molar-refractivity contribution in [1.29, 1.82) is 0 Å². The van der Waals surface area contributed by atoms with E-state index < -0.39 is 61.1 Å². The third kappa shape index (κ3) is 6.41. The van der Waals surface area contributed by atoms with Gasteiger partial charge in [0.2, 0.25) is 6.79 Å². The lowest BCUT2D eigenvalue weighted by Gasteiger charge is -2.25. The van der Waals surface area contributed by atoms with Gasteiger partial charge >= 0.3 is 19.4 Å². The summed E-state index contributed by atoms with van der Waals surface area (Å²) >= 11 is 0.896. The summed E-state index contributed by atoms with van der Waals surface area (Å²) < 4.78 is 56.7. The first-order valence-corrected chi connectivity index (χ1v) is 14.1. The maximum Gasteiger partial charge on any atom is 0.459 e. The van der Waals surface area contributed by atoms with Gasteiger partial charge in [-0.3, -0.25) is 13.9 Å². The van der Waals surface area contributed by atoms with Crippen molar-refractivity contribution in [3.8, 4) is 17.2 Å². The molecule has 0 bridgehead atoms. The van der Waals surface area contributed by atoms with Gasteiger partial charge in [0, 0.05) is 12.3 Å². The van der Waals surface area contributed by atoms with Gasteiger partial charge in [-0.05, 0) is 39.0 Å². The summed E-state index contributed by atoms with van der Waals surface area (Å²) in [6.07, 6.45) is -2.57. The Bertz CT molecular complexity index is 1280. The molecule has 208 valence electrons. The fourth-order valence-corrected chi connectivity index (χ4v) is 6.67. The third-order valence-corrected chi connectivity index (χ3v) is 8.63. The Morgan fingerprint density at radius 3 is 2.79 bits per heavy atom. The monoisotopic (exact) mass is 574 g/mol. The number of carbonyl (C=O) groups excluding carboxylic acids is 1. The average Bonchev–Trinajstić information content (AvgIpc) is 3.42. The Morgan fingerprint density at radius 1 is 1.34 bits per heavy atom. The molecule has 0 aliphatic carbocycles. The highest BCUT2D eigenvalue weighted by Gasteiger charge is 2.46. The molecule has 0 spiro atoms. The van der Waals surface area contributed by atoms with E-state index in [1.165, 1.54) is 31.3 Å². The molecular weight excluding hydrogens is 546 g/mol. The van der Waals surface area contributed by atoms with E-state index in [2.05, 4.69) is 10.1 Å². The summed E-state index contributed by atoms with van der Waals surface area (Å²) in [6.45, 7) is 4.29. The van der Waals surface area contributed by atoms with Crippen molar-refractivity contribution in [1.82, 2.24) is 14.6 Å². The van der Waals surface area contributed by atoms with Crippen LogP contribution in [0.5, 0.6) is 17.2 Å². The molecule has 1 fully saturated rings. The summed E-state index contributed by atoms with van der Waals surface area (Å²) in [6, 6.07) is 4.67. The van der Waals surface area contributed by atoms with Crippen LogP contribution in [0.25, 0.3) is 0 Å². The number of nitrogens with two attached hydrogens (primary N) is 1. The van der Waals surface area contributed by atoms with Crippen LogP contribution in [0.15, 0.2) is 35.3 Å². The number of ether oxygens (including phenoxy) is 3. The summed E-state index contributed by atoms with van der Waals surface area (Å²) in [7, 11) is -4.32. The van der Waals surface area contributed by atoms with Gasteiger partial charge in [-0.2, -0.15) is 10.1 Å². The second-order valence-corrected chi connectivity index (χ2v) is 11.8. The summed E-state index contributed by atoms with van der Waals surface area (Å²) in [5, 5.41) is 11.0. The zero-order valence-corrected chi connectivity index (χ0v) is 22.4. The highest BCUT2D eigenvalue weighted by Crippen LogP contribution is 2.50. The molecule has 3 heterocycles. The van der Waals surface area contributed by atoms with Crippen LogP contribution in [-0.2, 0) is 18.6 Å². The van der Waals surface area contributed by atoms with Crippen LogP contribution in [0.1, 0.15) is 26.1 Å². The first kappa shape index (κ1) is 28.2. The predicted octanol–water partition coefficient (Wildman–Crippen LogP) is 2.00. The molecule has 4 rings (SSSR count). The molecule has 6 atom stereocenters. The highest BCUT2D eigenvalue weighted by atomic mass is 32.2. The van der Waals surface area contributed by atoms with Crippen LogP contribution in [0.3, 0.4) is 0 Å². The number of hydrogen-bond acceptors (Lipinski definition) is 12. The molecule has 2 aliphatic heterocycles. The van der Waals surface area contributed by atoms with Crippen LogP contribution < -0.4 is 30.5 Å². The van der Waals surface area contributed by atoms with E-state index in [-0.39, 0.29) is 18.4 Å². The number of nitrogens with zero attached hydrogens (tertiary/aromatic N) is 2. The molecule has 16 heteroatoms. The molecule has 2 unspecified atom stereocenters. The van der Waals surface area contributed by atoms with Gasteiger partial charge in [0.25, 0.3) is 0 Å². The number of thioether (sulfide) groups is 1. The van der Waals surface area contributed by atoms with Gasteiger partial charge in [0.05, 0.1) is 18.0 Å². The van der Waals surface area contributed by atoms with Crippen molar-refractivity contribution in [3.63, 3.8) is 0 Å². The fraction of sp³-hybridized carbons (Fsp3) is 0.500. The topological polar surface area (TPSA) is 173 Å². The van der Waals surface area contributed by atoms with E-state index in [0.29, 0.717) is 11.5 Å². The standard InChI is InChI=1S/C22H28FN4O9PS/c1-11(2)35-21(29)12(3)26-37(31,36-13-4-5-14-15(8-13)33-10-32-14)34-9-16-19(28)18(23)20(38-16)27-7-6-17(24)25-22(27)30/h4-8,11-12,16,18-20,28H,9-10H2,1-3H3,(H,26,31)(H2,24,25,30)/t12?,16-,18+,19-,20-,37?/m1/s1. The lowest BCUT2D eigenvalue weighted by atomic mass is 10.1. The van der Waals surface area contributed by atoms with Crippen molar-refractivity contribution in [2.75, 3.05) is 19.1 Å². The summed E-state index contributed by atoms with van der Waals surface area (Å²) in [5.74, 6) is 0.173. The zero-order chi connectivity index (χ0) is 27.6. The Kier molecular flexibility index (Phi) is 8.52. The minimum Gasteiger partial charge on any atom is -0.462 e. The zero-order valence-electron chi connectivity index (χ0n) is 20.7. The third-order valence-electron chi connectivity index (χ3n) is 5.46. The van der Waals surface area contributed by atoms with E-state index in [4.69, 9.17) is 29.0 Å². The normalized spacial score (nSPS) is 24.7. The molecule has 13 nitrogen and oxygen atoms in total. The predicted molar refractivity (Wildman–Crippen MR) is 135 cm³/mol. The Morgan fingerprint density at radius 2 is 2.08 bits per heavy atom. The first-order chi connectivity index (χ1) is 18.0. The van der Waals surface area contributed by atoms with Crippen molar-refractivity contribution in [2.45, 2.75) is 55.8 Å². The minimum absolute atomic E-state index is 0.0121. The molecule has 1 aromatic heterocycles. The first-order valence-electron chi connectivity index (χ1n) is 11.6. The van der Waals surface area contributed by atoms with E-state index in [1.54, 1.807) is 19.9 Å². The number of nitrogen functional groups attached to an aromatic ring is 1. The van der Waals surface area contributed by atoms with Gasteiger partial charge in [0.15, 0.2) is 17.7 Å². The SMILES string of the molecule is CC(C)OC(=O)C(C)NP(=O)(OC[C@H]1S[C@@H](n2ccc(N)nc2=O)[C@@H](F)[C@@H]1O)Oc1ccc2c(c1)OCO2. The van der Waals surface area contributed by atoms with E-state index >= 15 is 0 Å². The van der Waals surface area contributed by atoms with Crippen LogP contribution >= 0.6 is 19.5 Å². The number of aromatic nitrogens is 2. The molecule has 0 saturated carbocycles. The Hall–Kier alpha value is -2.84. The van der Waals surface area contributed by atoms with Gasteiger partial charge in [-0.15, -0.1) is 11.8 Å². The fourth-order valence-electron chi connectivity index (χ4n) is 3.64. The van der Waals surface area contributed by atoms with Gasteiger partial charge in [0.1, 0.15) is 29.1 Å². The van der Waals surface area contributed by atoms with E-state index in [9.17, 15) is 23.7 Å². The van der Waals surface area contributed by atoms with Gasteiger partial charge in [-0.1, -0.05) is 0 Å². The van der Waals surface area contributed by atoms with E-state index in [0.717, 1.165) is 16.3 Å². The van der Waals surface area contributed by atoms with Crippen LogP contribution in [0.4, 0.5) is 10.2 Å². The molecule has 0 amide bonds. The van der Waals surface area contributed by atoms with Crippen molar-refractivity contribution < 1.29 is 42.1 Å². The molecular formula is C22H28FN4O9PS. The van der Waals surface area contributed by atoms with Crippen molar-refractivity contribution in [2.24, 2.45) is 0 Å². The largest absolute Gasteiger partial charge is 0.462 e. The van der Waals surface area contributed by atoms with Crippen LogP contribution in [0.2, 0.25) is 0 Å². The minimum atomic E-state index is -4.32. The quantitative estimate of drug-likeness (QED) is 0.278. The molecule has 4 N–H and O–H groups in total. The number of aliphatic hydroxyl groups is 1. The smallest absolute Gasteiger partial charge is 0.459 e. The number of aliphatic hydroxyl groups excluding tert-OH is 1. The number of benzene rings is 1. The number of nitrogens with one attached hydrogen (secondary N) is 1. The number of halogens is 1. The van der Waals surface area contributed by atoms with Crippen LogP contribution in [-0.4, -0.2) is 63.7 Å². The summed E-state index contributed by atoms with van der Waals surface area (Å²) in [4.78, 5) is 28.1. The Labute approximate surface area is 221 Å². The average molecular weight is 575 g/mol. The molecule has 2 aromatic rings. The molecule has 0 radical (unpaired) electrons. The number of carbonyl (C=O) groups is 1. The number of esters is 1. The maximum absolute atomic E-state index is 15.0. The van der Waals surface area contributed by atoms with E-state index in [1.807, 2.05) is 0 Å². The van der Waals surface area contributed by atoms with Gasteiger partial charge in [-0.25, -0.2) is 13.8 Å². The number of fused-ring (bicyclic) bond motifs is 1. The van der Waals surface area contributed by atoms with Gasteiger partial charge < -0.3 is 29.6 Å².